The molecule has 136 valence electrons. The summed E-state index contributed by atoms with van der Waals surface area (Å²) in [5, 5.41) is 7.71. The minimum atomic E-state index is 0. The first-order valence-corrected chi connectivity index (χ1v) is 10.1. The molecule has 0 aliphatic carbocycles. The van der Waals surface area contributed by atoms with Crippen molar-refractivity contribution in [3.8, 4) is 0 Å². The second kappa shape index (κ2) is 11.8. The molecule has 2 unspecified atom stereocenters. The third-order valence-electron chi connectivity index (χ3n) is 4.65. The number of thioether (sulfide) groups is 1. The zero-order valence-corrected chi connectivity index (χ0v) is 18.2. The maximum atomic E-state index is 4.85. The number of piperidine rings is 1. The Morgan fingerprint density at radius 1 is 1.26 bits per heavy atom. The summed E-state index contributed by atoms with van der Waals surface area (Å²) in [6.45, 7) is 12.2. The average Bonchev–Trinajstić information content (AvgIpc) is 3.03. The van der Waals surface area contributed by atoms with Crippen LogP contribution in [0.2, 0.25) is 0 Å². The van der Waals surface area contributed by atoms with E-state index in [1.807, 2.05) is 0 Å². The molecule has 0 radical (unpaired) electrons. The smallest absolute Gasteiger partial charge is 0.191 e. The van der Waals surface area contributed by atoms with Crippen molar-refractivity contribution in [2.75, 3.05) is 38.5 Å². The third-order valence-corrected chi connectivity index (χ3v) is 6.05. The fraction of sp³-hybridized carbons (Fsp3) is 0.941. The molecule has 0 aromatic heterocycles. The van der Waals surface area contributed by atoms with Gasteiger partial charge in [0.2, 0.25) is 0 Å². The first-order chi connectivity index (χ1) is 10.7. The van der Waals surface area contributed by atoms with E-state index in [4.69, 9.17) is 4.99 Å². The summed E-state index contributed by atoms with van der Waals surface area (Å²) >= 11 is 2.10. The van der Waals surface area contributed by atoms with Gasteiger partial charge < -0.3 is 15.5 Å². The molecule has 0 aromatic carbocycles. The Morgan fingerprint density at radius 3 is 2.74 bits per heavy atom. The van der Waals surface area contributed by atoms with Crippen LogP contribution in [0.5, 0.6) is 0 Å². The highest BCUT2D eigenvalue weighted by Gasteiger charge is 2.21. The van der Waals surface area contributed by atoms with Crippen molar-refractivity contribution in [2.45, 2.75) is 57.7 Å². The molecule has 2 N–H and O–H groups in total. The Balaban J connectivity index is 0.00000264. The van der Waals surface area contributed by atoms with Gasteiger partial charge in [-0.15, -0.1) is 24.0 Å². The molecule has 2 atom stereocenters. The van der Waals surface area contributed by atoms with E-state index >= 15 is 0 Å². The van der Waals surface area contributed by atoms with Crippen molar-refractivity contribution in [3.05, 3.63) is 0 Å². The van der Waals surface area contributed by atoms with E-state index in [2.05, 4.69) is 48.1 Å². The number of hydrogen-bond donors (Lipinski definition) is 2. The van der Waals surface area contributed by atoms with E-state index in [9.17, 15) is 0 Å². The first-order valence-electron chi connectivity index (χ1n) is 9.07. The highest BCUT2D eigenvalue weighted by molar-refractivity contribution is 14.0. The molecule has 2 saturated heterocycles. The summed E-state index contributed by atoms with van der Waals surface area (Å²) in [6, 6.07) is 0.664. The molecule has 0 aromatic rings. The zero-order valence-electron chi connectivity index (χ0n) is 15.0. The van der Waals surface area contributed by atoms with Crippen molar-refractivity contribution < 1.29 is 0 Å². The number of likely N-dealkylation sites (tertiary alicyclic amines) is 1. The third kappa shape index (κ3) is 7.82. The summed E-state index contributed by atoms with van der Waals surface area (Å²) in [6.07, 6.45) is 5.37. The lowest BCUT2D eigenvalue weighted by atomic mass is 9.97. The fourth-order valence-corrected chi connectivity index (χ4v) is 4.49. The molecule has 0 bridgehead atoms. The van der Waals surface area contributed by atoms with Crippen LogP contribution in [0.4, 0.5) is 0 Å². The molecular formula is C17H35IN4S. The number of hydrogen-bond acceptors (Lipinski definition) is 3. The maximum absolute atomic E-state index is 4.85. The van der Waals surface area contributed by atoms with E-state index in [0.717, 1.165) is 30.8 Å². The predicted octanol–water partition coefficient (Wildman–Crippen LogP) is 3.18. The van der Waals surface area contributed by atoms with Crippen LogP contribution >= 0.6 is 35.7 Å². The van der Waals surface area contributed by atoms with Crippen molar-refractivity contribution in [3.63, 3.8) is 0 Å². The fourth-order valence-electron chi connectivity index (χ4n) is 3.29. The zero-order chi connectivity index (χ0) is 15.8. The second-order valence-electron chi connectivity index (χ2n) is 6.83. The monoisotopic (exact) mass is 454 g/mol. The van der Waals surface area contributed by atoms with Gasteiger partial charge in [-0.2, -0.15) is 11.8 Å². The molecular weight excluding hydrogens is 419 g/mol. The molecule has 23 heavy (non-hydrogen) atoms. The van der Waals surface area contributed by atoms with Gasteiger partial charge in [-0.05, 0) is 64.7 Å². The molecule has 4 nitrogen and oxygen atoms in total. The molecule has 2 aliphatic heterocycles. The predicted molar refractivity (Wildman–Crippen MR) is 114 cm³/mol. The van der Waals surface area contributed by atoms with Crippen LogP contribution in [0.3, 0.4) is 0 Å². The van der Waals surface area contributed by atoms with Gasteiger partial charge in [-0.1, -0.05) is 0 Å². The van der Waals surface area contributed by atoms with Gasteiger partial charge in [0.1, 0.15) is 0 Å². The van der Waals surface area contributed by atoms with Crippen LogP contribution in [0.25, 0.3) is 0 Å². The normalized spacial score (nSPS) is 26.2. The van der Waals surface area contributed by atoms with Crippen molar-refractivity contribution >= 4 is 41.7 Å². The van der Waals surface area contributed by atoms with Crippen molar-refractivity contribution in [2.24, 2.45) is 10.9 Å². The van der Waals surface area contributed by atoms with Crippen LogP contribution in [-0.2, 0) is 0 Å². The highest BCUT2D eigenvalue weighted by atomic mass is 127. The van der Waals surface area contributed by atoms with E-state index in [0.29, 0.717) is 12.0 Å². The minimum Gasteiger partial charge on any atom is -0.357 e. The average molecular weight is 454 g/mol. The Hall–Kier alpha value is 0.310. The SMILES string of the molecule is CCNC(=NCC1CCCN(C(C)C)C1)NCC1CCCS1.I. The van der Waals surface area contributed by atoms with Crippen LogP contribution in [-0.4, -0.2) is 60.6 Å². The lowest BCUT2D eigenvalue weighted by Crippen LogP contribution is -2.42. The molecule has 0 amide bonds. The Kier molecular flexibility index (Phi) is 10.9. The van der Waals surface area contributed by atoms with Crippen LogP contribution < -0.4 is 10.6 Å². The second-order valence-corrected chi connectivity index (χ2v) is 8.24. The molecule has 2 aliphatic rings. The van der Waals surface area contributed by atoms with Crippen LogP contribution in [0, 0.1) is 5.92 Å². The Morgan fingerprint density at radius 2 is 2.09 bits per heavy atom. The van der Waals surface area contributed by atoms with Gasteiger partial charge in [0, 0.05) is 37.5 Å². The largest absolute Gasteiger partial charge is 0.357 e. The summed E-state index contributed by atoms with van der Waals surface area (Å²) in [7, 11) is 0. The molecule has 0 spiro atoms. The minimum absolute atomic E-state index is 0. The molecule has 2 fully saturated rings. The lowest BCUT2D eigenvalue weighted by molar-refractivity contribution is 0.143. The van der Waals surface area contributed by atoms with E-state index in [1.165, 1.54) is 44.5 Å². The van der Waals surface area contributed by atoms with E-state index < -0.39 is 0 Å². The first kappa shape index (κ1) is 21.4. The van der Waals surface area contributed by atoms with Gasteiger partial charge in [0.25, 0.3) is 0 Å². The van der Waals surface area contributed by atoms with E-state index in [-0.39, 0.29) is 24.0 Å². The number of rotatable bonds is 6. The summed E-state index contributed by atoms with van der Waals surface area (Å²) in [5.74, 6) is 3.05. The summed E-state index contributed by atoms with van der Waals surface area (Å²) in [5.41, 5.74) is 0. The Bertz CT molecular complexity index is 345. The number of aliphatic imine (C=N–C) groups is 1. The quantitative estimate of drug-likeness (QED) is 0.368. The molecule has 6 heteroatoms. The van der Waals surface area contributed by atoms with Crippen LogP contribution in [0.15, 0.2) is 4.99 Å². The van der Waals surface area contributed by atoms with Crippen LogP contribution in [0.1, 0.15) is 46.5 Å². The maximum Gasteiger partial charge on any atom is 0.191 e. The lowest BCUT2D eigenvalue weighted by Gasteiger charge is -2.34. The summed E-state index contributed by atoms with van der Waals surface area (Å²) < 4.78 is 0. The standard InChI is InChI=1S/C17H34N4S.HI/c1-4-18-17(20-12-16-8-6-10-22-16)19-11-15-7-5-9-21(13-15)14(2)3;/h14-16H,4-13H2,1-3H3,(H2,18,19,20);1H. The topological polar surface area (TPSA) is 39.7 Å². The van der Waals surface area contributed by atoms with Gasteiger partial charge in [0.15, 0.2) is 5.96 Å². The number of guanidine groups is 1. The number of nitrogens with one attached hydrogen (secondary N) is 2. The number of nitrogens with zero attached hydrogens (tertiary/aromatic N) is 2. The van der Waals surface area contributed by atoms with Gasteiger partial charge >= 0.3 is 0 Å². The molecule has 2 rings (SSSR count). The molecule has 2 heterocycles. The summed E-state index contributed by atoms with van der Waals surface area (Å²) in [4.78, 5) is 7.45. The number of halogens is 1. The van der Waals surface area contributed by atoms with Crippen molar-refractivity contribution in [1.82, 2.24) is 15.5 Å². The van der Waals surface area contributed by atoms with Gasteiger partial charge in [-0.3, -0.25) is 4.99 Å². The van der Waals surface area contributed by atoms with Gasteiger partial charge in [-0.25, -0.2) is 0 Å². The van der Waals surface area contributed by atoms with E-state index in [1.54, 1.807) is 0 Å². The molecule has 0 saturated carbocycles. The Labute approximate surface area is 164 Å². The van der Waals surface area contributed by atoms with Gasteiger partial charge in [0.05, 0.1) is 0 Å². The van der Waals surface area contributed by atoms with Crippen molar-refractivity contribution in [1.29, 1.82) is 0 Å². The highest BCUT2D eigenvalue weighted by Crippen LogP contribution is 2.25.